The molecule has 0 radical (unpaired) electrons. The van der Waals surface area contributed by atoms with Crippen LogP contribution in [0.3, 0.4) is 0 Å². The second-order valence-corrected chi connectivity index (χ2v) is 6.78. The molecule has 0 fully saturated rings. The normalized spacial score (nSPS) is 11.8. The second kappa shape index (κ2) is 5.73. The van der Waals surface area contributed by atoms with Gasteiger partial charge >= 0.3 is 0 Å². The molecule has 2 rings (SSSR count). The highest BCUT2D eigenvalue weighted by molar-refractivity contribution is 7.89. The molecular weight excluding hydrogens is 323 g/mol. The largest absolute Gasteiger partial charge is 0.361 e. The molecule has 5 nitrogen and oxygen atoms in total. The molecule has 2 aromatic rings. The summed E-state index contributed by atoms with van der Waals surface area (Å²) in [5, 5.41) is 4.17. The number of hydrogen-bond acceptors (Lipinski definition) is 4. The summed E-state index contributed by atoms with van der Waals surface area (Å²) in [6, 6.07) is 4.27. The number of nitrogens with zero attached hydrogens (tertiary/aromatic N) is 1. The third-order valence-corrected chi connectivity index (χ3v) is 4.92. The van der Waals surface area contributed by atoms with Gasteiger partial charge in [-0.15, -0.1) is 0 Å². The van der Waals surface area contributed by atoms with E-state index in [4.69, 9.17) is 27.7 Å². The van der Waals surface area contributed by atoms with Crippen LogP contribution in [0.5, 0.6) is 0 Å². The van der Waals surface area contributed by atoms with Crippen LogP contribution in [0, 0.1) is 13.8 Å². The Balaban J connectivity index is 2.26. The minimum Gasteiger partial charge on any atom is -0.361 e. The summed E-state index contributed by atoms with van der Waals surface area (Å²) >= 11 is 11.7. The molecule has 108 valence electrons. The molecule has 0 bridgehead atoms. The maximum Gasteiger partial charge on any atom is 0.242 e. The van der Waals surface area contributed by atoms with Crippen molar-refractivity contribution in [2.24, 2.45) is 0 Å². The number of halogens is 2. The van der Waals surface area contributed by atoms with Gasteiger partial charge in [-0.05, 0) is 32.0 Å². The Labute approximate surface area is 126 Å². The summed E-state index contributed by atoms with van der Waals surface area (Å²) in [5.41, 5.74) is 1.34. The van der Waals surface area contributed by atoms with Crippen molar-refractivity contribution in [1.82, 2.24) is 9.88 Å². The number of aryl methyl sites for hydroxylation is 2. The molecule has 0 saturated carbocycles. The molecular formula is C12H12Cl2N2O3S. The minimum absolute atomic E-state index is 0.0570. The van der Waals surface area contributed by atoms with E-state index in [0.29, 0.717) is 22.0 Å². The third kappa shape index (κ3) is 3.15. The average molecular weight is 335 g/mol. The van der Waals surface area contributed by atoms with Gasteiger partial charge in [0.25, 0.3) is 0 Å². The lowest BCUT2D eigenvalue weighted by molar-refractivity contribution is 0.392. The van der Waals surface area contributed by atoms with Crippen LogP contribution in [-0.2, 0) is 16.6 Å². The highest BCUT2D eigenvalue weighted by Gasteiger charge is 2.20. The maximum absolute atomic E-state index is 12.2. The van der Waals surface area contributed by atoms with E-state index < -0.39 is 10.0 Å². The van der Waals surface area contributed by atoms with E-state index in [0.717, 1.165) is 0 Å². The van der Waals surface area contributed by atoms with Crippen LogP contribution >= 0.6 is 23.2 Å². The highest BCUT2D eigenvalue weighted by Crippen LogP contribution is 2.25. The first-order valence-electron chi connectivity index (χ1n) is 5.67. The van der Waals surface area contributed by atoms with E-state index >= 15 is 0 Å². The Bertz CT molecular complexity index is 722. The topological polar surface area (TPSA) is 72.2 Å². The van der Waals surface area contributed by atoms with E-state index in [1.165, 1.54) is 18.2 Å². The predicted molar refractivity (Wildman–Crippen MR) is 76.5 cm³/mol. The van der Waals surface area contributed by atoms with Gasteiger partial charge in [0.2, 0.25) is 10.0 Å². The Kier molecular flexibility index (Phi) is 4.39. The molecule has 0 aliphatic rings. The number of rotatable bonds is 4. The van der Waals surface area contributed by atoms with E-state index in [1.807, 2.05) is 0 Å². The number of aromatic nitrogens is 1. The zero-order chi connectivity index (χ0) is 14.9. The monoisotopic (exact) mass is 334 g/mol. The maximum atomic E-state index is 12.2. The smallest absolute Gasteiger partial charge is 0.242 e. The lowest BCUT2D eigenvalue weighted by Crippen LogP contribution is -2.24. The first-order valence-corrected chi connectivity index (χ1v) is 7.91. The Hall–Kier alpha value is -1.08. The van der Waals surface area contributed by atoms with Crippen molar-refractivity contribution < 1.29 is 12.9 Å². The summed E-state index contributed by atoms with van der Waals surface area (Å²) in [7, 11) is -3.76. The van der Waals surface area contributed by atoms with Crippen LogP contribution in [0.15, 0.2) is 27.6 Å². The third-order valence-electron chi connectivity index (χ3n) is 2.80. The van der Waals surface area contributed by atoms with Crippen LogP contribution in [0.4, 0.5) is 0 Å². The van der Waals surface area contributed by atoms with Crippen LogP contribution in [0.25, 0.3) is 0 Å². The summed E-state index contributed by atoms with van der Waals surface area (Å²) in [6.07, 6.45) is 0. The lowest BCUT2D eigenvalue weighted by Gasteiger charge is -2.08. The van der Waals surface area contributed by atoms with Gasteiger partial charge in [-0.1, -0.05) is 28.4 Å². The molecule has 0 atom stereocenters. The zero-order valence-corrected chi connectivity index (χ0v) is 13.1. The number of hydrogen-bond donors (Lipinski definition) is 1. The molecule has 8 heteroatoms. The number of nitrogens with one attached hydrogen (secondary N) is 1. The predicted octanol–water partition coefficient (Wildman–Crippen LogP) is 3.08. The molecule has 0 saturated heterocycles. The van der Waals surface area contributed by atoms with Gasteiger partial charge in [-0.25, -0.2) is 13.1 Å². The molecule has 0 aliphatic heterocycles. The van der Waals surface area contributed by atoms with Crippen molar-refractivity contribution >= 4 is 33.2 Å². The Morgan fingerprint density at radius 3 is 2.60 bits per heavy atom. The van der Waals surface area contributed by atoms with Crippen LogP contribution in [0.2, 0.25) is 10.0 Å². The minimum atomic E-state index is -3.76. The van der Waals surface area contributed by atoms with E-state index in [2.05, 4.69) is 9.88 Å². The highest BCUT2D eigenvalue weighted by atomic mass is 35.5. The lowest BCUT2D eigenvalue weighted by atomic mass is 10.2. The van der Waals surface area contributed by atoms with Gasteiger partial charge in [0.05, 0.1) is 10.7 Å². The second-order valence-electron chi connectivity index (χ2n) is 4.20. The van der Waals surface area contributed by atoms with Crippen molar-refractivity contribution in [2.75, 3.05) is 0 Å². The van der Waals surface area contributed by atoms with Gasteiger partial charge in [-0.3, -0.25) is 0 Å². The molecule has 1 heterocycles. The van der Waals surface area contributed by atoms with Gasteiger partial charge in [0.1, 0.15) is 10.7 Å². The van der Waals surface area contributed by atoms with Crippen LogP contribution < -0.4 is 4.72 Å². The van der Waals surface area contributed by atoms with Gasteiger partial charge in [-0.2, -0.15) is 0 Å². The van der Waals surface area contributed by atoms with Crippen molar-refractivity contribution in [3.8, 4) is 0 Å². The molecule has 1 N–H and O–H groups in total. The van der Waals surface area contributed by atoms with Crippen molar-refractivity contribution in [3.63, 3.8) is 0 Å². The van der Waals surface area contributed by atoms with Gasteiger partial charge in [0, 0.05) is 17.1 Å². The Morgan fingerprint density at radius 1 is 1.30 bits per heavy atom. The molecule has 20 heavy (non-hydrogen) atoms. The summed E-state index contributed by atoms with van der Waals surface area (Å²) < 4.78 is 31.9. The standard InChI is InChI=1S/C12H12Cl2N2O3S/c1-7-10(8(2)19-16-7)6-15-20(17,18)12-5-9(13)3-4-11(12)14/h3-5,15H,6H2,1-2H3. The fourth-order valence-electron chi connectivity index (χ4n) is 1.68. The van der Waals surface area contributed by atoms with Gasteiger partial charge < -0.3 is 4.52 Å². The van der Waals surface area contributed by atoms with Crippen molar-refractivity contribution in [3.05, 3.63) is 45.3 Å². The molecule has 1 aromatic heterocycles. The van der Waals surface area contributed by atoms with E-state index in [1.54, 1.807) is 13.8 Å². The first kappa shape index (κ1) is 15.3. The van der Waals surface area contributed by atoms with Crippen molar-refractivity contribution in [1.29, 1.82) is 0 Å². The van der Waals surface area contributed by atoms with Gasteiger partial charge in [0.15, 0.2) is 0 Å². The average Bonchev–Trinajstić information content (AvgIpc) is 2.69. The number of sulfonamides is 1. The summed E-state index contributed by atoms with van der Waals surface area (Å²) in [5.74, 6) is 0.572. The fraction of sp³-hybridized carbons (Fsp3) is 0.250. The quantitative estimate of drug-likeness (QED) is 0.932. The van der Waals surface area contributed by atoms with Crippen molar-refractivity contribution in [2.45, 2.75) is 25.3 Å². The van der Waals surface area contributed by atoms with E-state index in [9.17, 15) is 8.42 Å². The summed E-state index contributed by atoms with van der Waals surface area (Å²) in [4.78, 5) is -0.0570. The molecule has 0 unspecified atom stereocenters. The molecule has 0 aliphatic carbocycles. The molecule has 1 aromatic carbocycles. The fourth-order valence-corrected chi connectivity index (χ4v) is 3.44. The summed E-state index contributed by atoms with van der Waals surface area (Å²) in [6.45, 7) is 3.54. The van der Waals surface area contributed by atoms with Crippen LogP contribution in [0.1, 0.15) is 17.0 Å². The van der Waals surface area contributed by atoms with Crippen LogP contribution in [-0.4, -0.2) is 13.6 Å². The first-order chi connectivity index (χ1) is 9.31. The Morgan fingerprint density at radius 2 is 2.00 bits per heavy atom. The van der Waals surface area contributed by atoms with E-state index in [-0.39, 0.29) is 16.5 Å². The number of benzene rings is 1. The molecule has 0 spiro atoms. The molecule has 0 amide bonds. The SMILES string of the molecule is Cc1noc(C)c1CNS(=O)(=O)c1cc(Cl)ccc1Cl. The zero-order valence-electron chi connectivity index (χ0n) is 10.8.